The van der Waals surface area contributed by atoms with E-state index in [-0.39, 0.29) is 30.3 Å². The average molecular weight is 443 g/mol. The molecule has 1 heterocycles. The highest BCUT2D eigenvalue weighted by Gasteiger charge is 2.31. The fraction of sp³-hybridized carbons (Fsp3) is 0.348. The molecule has 8 heteroatoms. The molecule has 7 nitrogen and oxygen atoms in total. The first kappa shape index (κ1) is 22.8. The van der Waals surface area contributed by atoms with Crippen LogP contribution < -0.4 is 10.6 Å². The molecule has 1 atom stereocenters. The summed E-state index contributed by atoms with van der Waals surface area (Å²) >= 11 is 6.15. The number of piperazine rings is 1. The summed E-state index contributed by atoms with van der Waals surface area (Å²) in [4.78, 5) is 40.6. The SMILES string of the molecule is CNC(=O)c1cccc([C@H]2CN(CC(=O)NCc3ccccc3Cl)CCN2C(C)=O)c1. The normalized spacial score (nSPS) is 16.6. The van der Waals surface area contributed by atoms with Gasteiger partial charge >= 0.3 is 0 Å². The highest BCUT2D eigenvalue weighted by Crippen LogP contribution is 2.26. The lowest BCUT2D eigenvalue weighted by molar-refractivity contribution is -0.134. The zero-order valence-electron chi connectivity index (χ0n) is 17.7. The number of benzene rings is 2. The first-order chi connectivity index (χ1) is 14.9. The largest absolute Gasteiger partial charge is 0.355 e. The van der Waals surface area contributed by atoms with Gasteiger partial charge in [-0.1, -0.05) is 41.9 Å². The Morgan fingerprint density at radius 3 is 2.58 bits per heavy atom. The molecular weight excluding hydrogens is 416 g/mol. The van der Waals surface area contributed by atoms with Crippen molar-refractivity contribution in [3.8, 4) is 0 Å². The Labute approximate surface area is 187 Å². The molecular formula is C23H27ClN4O3. The number of carbonyl (C=O) groups excluding carboxylic acids is 3. The van der Waals surface area contributed by atoms with Crippen LogP contribution in [0.1, 0.15) is 34.5 Å². The molecule has 1 aliphatic heterocycles. The van der Waals surface area contributed by atoms with Crippen LogP contribution >= 0.6 is 11.6 Å². The number of halogens is 1. The van der Waals surface area contributed by atoms with Crippen molar-refractivity contribution in [3.63, 3.8) is 0 Å². The second kappa shape index (κ2) is 10.4. The van der Waals surface area contributed by atoms with E-state index in [9.17, 15) is 14.4 Å². The van der Waals surface area contributed by atoms with E-state index in [1.54, 1.807) is 37.1 Å². The Balaban J connectivity index is 1.67. The lowest BCUT2D eigenvalue weighted by Crippen LogP contribution is -2.52. The van der Waals surface area contributed by atoms with E-state index < -0.39 is 0 Å². The van der Waals surface area contributed by atoms with Crippen molar-refractivity contribution < 1.29 is 14.4 Å². The summed E-state index contributed by atoms with van der Waals surface area (Å²) in [6, 6.07) is 14.4. The van der Waals surface area contributed by atoms with Gasteiger partial charge in [0.15, 0.2) is 0 Å². The van der Waals surface area contributed by atoms with Gasteiger partial charge < -0.3 is 15.5 Å². The van der Waals surface area contributed by atoms with Gasteiger partial charge in [-0.2, -0.15) is 0 Å². The van der Waals surface area contributed by atoms with E-state index in [0.717, 1.165) is 11.1 Å². The Kier molecular flexibility index (Phi) is 7.65. The fourth-order valence-electron chi connectivity index (χ4n) is 3.77. The summed E-state index contributed by atoms with van der Waals surface area (Å²) in [6.45, 7) is 3.76. The number of carbonyl (C=O) groups is 3. The van der Waals surface area contributed by atoms with Crippen molar-refractivity contribution in [1.82, 2.24) is 20.4 Å². The minimum atomic E-state index is -0.229. The molecule has 3 amide bonds. The number of rotatable bonds is 6. The number of amides is 3. The number of nitrogens with one attached hydrogen (secondary N) is 2. The summed E-state index contributed by atoms with van der Waals surface area (Å²) in [6.07, 6.45) is 0. The van der Waals surface area contributed by atoms with E-state index in [0.29, 0.717) is 36.8 Å². The van der Waals surface area contributed by atoms with E-state index >= 15 is 0 Å². The third kappa shape index (κ3) is 5.83. The monoisotopic (exact) mass is 442 g/mol. The van der Waals surface area contributed by atoms with Crippen molar-refractivity contribution in [3.05, 3.63) is 70.2 Å². The van der Waals surface area contributed by atoms with Gasteiger partial charge in [-0.3, -0.25) is 19.3 Å². The Morgan fingerprint density at radius 1 is 1.10 bits per heavy atom. The molecule has 0 unspecified atom stereocenters. The van der Waals surface area contributed by atoms with Crippen LogP contribution in [0.5, 0.6) is 0 Å². The second-order valence-electron chi connectivity index (χ2n) is 7.54. The molecule has 2 aromatic rings. The summed E-state index contributed by atoms with van der Waals surface area (Å²) in [5.74, 6) is -0.310. The first-order valence-corrected chi connectivity index (χ1v) is 10.6. The second-order valence-corrected chi connectivity index (χ2v) is 7.94. The van der Waals surface area contributed by atoms with E-state index in [1.807, 2.05) is 35.2 Å². The van der Waals surface area contributed by atoms with Crippen LogP contribution in [0.4, 0.5) is 0 Å². The van der Waals surface area contributed by atoms with E-state index in [1.165, 1.54) is 0 Å². The molecule has 1 fully saturated rings. The van der Waals surface area contributed by atoms with Crippen molar-refractivity contribution in [2.75, 3.05) is 33.2 Å². The maximum Gasteiger partial charge on any atom is 0.251 e. The van der Waals surface area contributed by atoms with Gasteiger partial charge in [0.25, 0.3) is 5.91 Å². The molecule has 0 saturated carbocycles. The first-order valence-electron chi connectivity index (χ1n) is 10.2. The van der Waals surface area contributed by atoms with Gasteiger partial charge in [0.05, 0.1) is 12.6 Å². The molecule has 1 saturated heterocycles. The molecule has 164 valence electrons. The van der Waals surface area contributed by atoms with Gasteiger partial charge in [0.1, 0.15) is 0 Å². The molecule has 31 heavy (non-hydrogen) atoms. The molecule has 0 spiro atoms. The number of hydrogen-bond acceptors (Lipinski definition) is 4. The van der Waals surface area contributed by atoms with Crippen LogP contribution in [0.2, 0.25) is 5.02 Å². The standard InChI is InChI=1S/C23H27ClN4O3/c1-16(29)28-11-10-27(15-22(30)26-13-19-6-3-4-9-20(19)24)14-21(28)17-7-5-8-18(12-17)23(31)25-2/h3-9,12,21H,10-11,13-15H2,1-2H3,(H,25,31)(H,26,30)/t21-/m1/s1. The molecule has 1 aliphatic rings. The highest BCUT2D eigenvalue weighted by atomic mass is 35.5. The summed E-state index contributed by atoms with van der Waals surface area (Å²) in [5, 5.41) is 6.15. The summed E-state index contributed by atoms with van der Waals surface area (Å²) < 4.78 is 0. The quantitative estimate of drug-likeness (QED) is 0.718. The van der Waals surface area contributed by atoms with E-state index in [2.05, 4.69) is 10.6 Å². The summed E-state index contributed by atoms with van der Waals surface area (Å²) in [5.41, 5.74) is 2.28. The van der Waals surface area contributed by atoms with Gasteiger partial charge in [0, 0.05) is 50.7 Å². The maximum atomic E-state index is 12.5. The van der Waals surface area contributed by atoms with Crippen molar-refractivity contribution in [2.24, 2.45) is 0 Å². The smallest absolute Gasteiger partial charge is 0.251 e. The topological polar surface area (TPSA) is 81.8 Å². The number of hydrogen-bond donors (Lipinski definition) is 2. The maximum absolute atomic E-state index is 12.5. The zero-order chi connectivity index (χ0) is 22.4. The molecule has 3 rings (SSSR count). The third-order valence-corrected chi connectivity index (χ3v) is 5.80. The zero-order valence-corrected chi connectivity index (χ0v) is 18.5. The van der Waals surface area contributed by atoms with Gasteiger partial charge in [-0.15, -0.1) is 0 Å². The van der Waals surface area contributed by atoms with Crippen LogP contribution in [0.25, 0.3) is 0 Å². The third-order valence-electron chi connectivity index (χ3n) is 5.43. The van der Waals surface area contributed by atoms with Crippen molar-refractivity contribution in [2.45, 2.75) is 19.5 Å². The van der Waals surface area contributed by atoms with Crippen LogP contribution in [0.3, 0.4) is 0 Å². The minimum absolute atomic E-state index is 0.0295. The molecule has 2 aromatic carbocycles. The molecule has 2 N–H and O–H groups in total. The Bertz CT molecular complexity index is 965. The molecule has 0 radical (unpaired) electrons. The van der Waals surface area contributed by atoms with Crippen molar-refractivity contribution in [1.29, 1.82) is 0 Å². The van der Waals surface area contributed by atoms with Crippen LogP contribution in [0.15, 0.2) is 48.5 Å². The predicted octanol–water partition coefficient (Wildman–Crippen LogP) is 2.22. The predicted molar refractivity (Wildman–Crippen MR) is 120 cm³/mol. The van der Waals surface area contributed by atoms with Crippen LogP contribution in [-0.2, 0) is 16.1 Å². The van der Waals surface area contributed by atoms with Gasteiger partial charge in [0.2, 0.25) is 11.8 Å². The van der Waals surface area contributed by atoms with Crippen molar-refractivity contribution >= 4 is 29.3 Å². The lowest BCUT2D eigenvalue weighted by atomic mass is 9.99. The Morgan fingerprint density at radius 2 is 1.87 bits per heavy atom. The summed E-state index contributed by atoms with van der Waals surface area (Å²) in [7, 11) is 1.58. The van der Waals surface area contributed by atoms with E-state index in [4.69, 9.17) is 11.6 Å². The van der Waals surface area contributed by atoms with Gasteiger partial charge in [-0.25, -0.2) is 0 Å². The molecule has 0 aliphatic carbocycles. The molecule has 0 aromatic heterocycles. The van der Waals surface area contributed by atoms with Crippen LogP contribution in [-0.4, -0.2) is 60.7 Å². The molecule has 0 bridgehead atoms. The number of nitrogens with zero attached hydrogens (tertiary/aromatic N) is 2. The van der Waals surface area contributed by atoms with Gasteiger partial charge in [-0.05, 0) is 29.3 Å². The highest BCUT2D eigenvalue weighted by molar-refractivity contribution is 6.31. The fourth-order valence-corrected chi connectivity index (χ4v) is 3.97. The Hall–Kier alpha value is -2.90. The minimum Gasteiger partial charge on any atom is -0.355 e. The average Bonchev–Trinajstić information content (AvgIpc) is 2.78. The van der Waals surface area contributed by atoms with Crippen LogP contribution in [0, 0.1) is 0 Å². The lowest BCUT2D eigenvalue weighted by Gasteiger charge is -2.41.